The summed E-state index contributed by atoms with van der Waals surface area (Å²) in [7, 11) is 0. The second-order valence-corrected chi connectivity index (χ2v) is 2.58. The third-order valence-electron chi connectivity index (χ3n) is 1.72. The van der Waals surface area contributed by atoms with Crippen LogP contribution in [-0.2, 0) is 0 Å². The van der Waals surface area contributed by atoms with Crippen LogP contribution < -0.4 is 0 Å². The van der Waals surface area contributed by atoms with Crippen LogP contribution in [0.4, 0.5) is 0 Å². The van der Waals surface area contributed by atoms with Gasteiger partial charge in [-0.25, -0.2) is 0 Å². The molecule has 13 heavy (non-hydrogen) atoms. The number of nitrogens with zero attached hydrogens (tertiary/aromatic N) is 4. The Hall–Kier alpha value is -1.91. The van der Waals surface area contributed by atoms with Crippen molar-refractivity contribution in [3.05, 3.63) is 30.4 Å². The van der Waals surface area contributed by atoms with Crippen molar-refractivity contribution in [1.29, 1.82) is 0 Å². The minimum Gasteiger partial charge on any atom is -0.504 e. The lowest BCUT2D eigenvalue weighted by Crippen LogP contribution is -2.00. The Bertz CT molecular complexity index is 410. The largest absolute Gasteiger partial charge is 0.504 e. The third-order valence-corrected chi connectivity index (χ3v) is 1.72. The van der Waals surface area contributed by atoms with Gasteiger partial charge in [0.15, 0.2) is 5.75 Å². The average molecular weight is 176 g/mol. The van der Waals surface area contributed by atoms with Gasteiger partial charge in [0.05, 0.1) is 18.1 Å². The molecule has 0 aliphatic heterocycles. The lowest BCUT2D eigenvalue weighted by Gasteiger charge is -2.03. The summed E-state index contributed by atoms with van der Waals surface area (Å²) < 4.78 is 0. The molecular formula is C8H8N4O. The van der Waals surface area contributed by atoms with Crippen LogP contribution in [0.5, 0.6) is 5.75 Å². The molecule has 0 unspecified atom stereocenters. The lowest BCUT2D eigenvalue weighted by atomic mass is 10.3. The molecule has 0 aliphatic rings. The van der Waals surface area contributed by atoms with E-state index >= 15 is 0 Å². The minimum atomic E-state index is 0.110. The molecule has 1 N–H and O–H groups in total. The Morgan fingerprint density at radius 2 is 1.92 bits per heavy atom. The van der Waals surface area contributed by atoms with Crippen molar-refractivity contribution in [3.8, 4) is 11.4 Å². The van der Waals surface area contributed by atoms with Crippen molar-refractivity contribution in [3.63, 3.8) is 0 Å². The van der Waals surface area contributed by atoms with Crippen LogP contribution in [0.25, 0.3) is 5.69 Å². The van der Waals surface area contributed by atoms with Crippen LogP contribution in [0.1, 0.15) is 5.69 Å². The van der Waals surface area contributed by atoms with Gasteiger partial charge in [0.2, 0.25) is 0 Å². The normalized spacial score (nSPS) is 10.2. The summed E-state index contributed by atoms with van der Waals surface area (Å²) in [6.07, 6.45) is 4.71. The maximum Gasteiger partial charge on any atom is 0.164 e. The van der Waals surface area contributed by atoms with Gasteiger partial charge in [-0.15, -0.1) is 4.80 Å². The Labute approximate surface area is 74.7 Å². The highest BCUT2D eigenvalue weighted by Gasteiger charge is 2.06. The van der Waals surface area contributed by atoms with Gasteiger partial charge in [-0.05, 0) is 13.0 Å². The molecule has 2 heterocycles. The van der Waals surface area contributed by atoms with Crippen LogP contribution in [0, 0.1) is 6.92 Å². The van der Waals surface area contributed by atoms with Crippen molar-refractivity contribution in [1.82, 2.24) is 20.0 Å². The molecule has 0 saturated heterocycles. The van der Waals surface area contributed by atoms with E-state index in [4.69, 9.17) is 0 Å². The van der Waals surface area contributed by atoms with E-state index in [1.165, 1.54) is 4.80 Å². The van der Waals surface area contributed by atoms with E-state index in [-0.39, 0.29) is 5.75 Å². The van der Waals surface area contributed by atoms with E-state index in [1.807, 2.05) is 0 Å². The van der Waals surface area contributed by atoms with Gasteiger partial charge in [-0.3, -0.25) is 4.98 Å². The van der Waals surface area contributed by atoms with Gasteiger partial charge in [-0.2, -0.15) is 10.2 Å². The molecule has 0 radical (unpaired) electrons. The van der Waals surface area contributed by atoms with Crippen molar-refractivity contribution < 1.29 is 5.11 Å². The number of hydrogen-bond acceptors (Lipinski definition) is 4. The molecule has 0 aromatic carbocycles. The standard InChI is InChI=1S/C8H8N4O/c1-6-8(13)7(2-3-9-6)12-10-4-5-11-12/h2-5,13H,1H3. The summed E-state index contributed by atoms with van der Waals surface area (Å²) in [5.74, 6) is 0.110. The van der Waals surface area contributed by atoms with E-state index in [1.54, 1.807) is 31.6 Å². The van der Waals surface area contributed by atoms with Gasteiger partial charge in [0.1, 0.15) is 5.69 Å². The van der Waals surface area contributed by atoms with E-state index in [2.05, 4.69) is 15.2 Å². The predicted octanol–water partition coefficient (Wildman–Crippen LogP) is 0.676. The number of hydrogen-bond donors (Lipinski definition) is 1. The van der Waals surface area contributed by atoms with E-state index in [9.17, 15) is 5.11 Å². The van der Waals surface area contributed by atoms with Crippen molar-refractivity contribution in [2.75, 3.05) is 0 Å². The summed E-state index contributed by atoms with van der Waals surface area (Å²) in [4.78, 5) is 5.28. The number of aryl methyl sites for hydroxylation is 1. The van der Waals surface area contributed by atoms with Gasteiger partial charge >= 0.3 is 0 Å². The quantitative estimate of drug-likeness (QED) is 0.693. The van der Waals surface area contributed by atoms with E-state index < -0.39 is 0 Å². The molecule has 0 aliphatic carbocycles. The third kappa shape index (κ3) is 1.24. The minimum absolute atomic E-state index is 0.110. The van der Waals surface area contributed by atoms with Crippen molar-refractivity contribution in [2.45, 2.75) is 6.92 Å². The SMILES string of the molecule is Cc1nccc(-n2nccn2)c1O. The highest BCUT2D eigenvalue weighted by Crippen LogP contribution is 2.21. The molecular weight excluding hydrogens is 168 g/mol. The summed E-state index contributed by atoms with van der Waals surface area (Å²) >= 11 is 0. The summed E-state index contributed by atoms with van der Waals surface area (Å²) in [6.45, 7) is 1.72. The van der Waals surface area contributed by atoms with Crippen molar-refractivity contribution >= 4 is 0 Å². The van der Waals surface area contributed by atoms with E-state index in [0.29, 0.717) is 11.4 Å². The molecule has 5 nitrogen and oxygen atoms in total. The fraction of sp³-hybridized carbons (Fsp3) is 0.125. The number of aromatic hydroxyl groups is 1. The first kappa shape index (κ1) is 7.72. The fourth-order valence-corrected chi connectivity index (χ4v) is 1.05. The first-order valence-corrected chi connectivity index (χ1v) is 3.80. The fourth-order valence-electron chi connectivity index (χ4n) is 1.05. The highest BCUT2D eigenvalue weighted by atomic mass is 16.3. The summed E-state index contributed by atoms with van der Waals surface area (Å²) in [5, 5.41) is 17.4. The monoisotopic (exact) mass is 176 g/mol. The van der Waals surface area contributed by atoms with Crippen LogP contribution >= 0.6 is 0 Å². The van der Waals surface area contributed by atoms with Crippen LogP contribution in [0.15, 0.2) is 24.7 Å². The molecule has 0 bridgehead atoms. The molecule has 0 atom stereocenters. The van der Waals surface area contributed by atoms with Crippen LogP contribution in [-0.4, -0.2) is 25.1 Å². The molecule has 2 aromatic rings. The molecule has 0 fully saturated rings. The Morgan fingerprint density at radius 3 is 2.62 bits per heavy atom. The Kier molecular flexibility index (Phi) is 1.70. The molecule has 2 rings (SSSR count). The number of rotatable bonds is 1. The number of pyridine rings is 1. The van der Waals surface area contributed by atoms with Gasteiger partial charge in [-0.1, -0.05) is 0 Å². The maximum absolute atomic E-state index is 9.61. The van der Waals surface area contributed by atoms with Crippen LogP contribution in [0.3, 0.4) is 0 Å². The maximum atomic E-state index is 9.61. The molecule has 0 spiro atoms. The summed E-state index contributed by atoms with van der Waals surface area (Å²) in [5.41, 5.74) is 1.10. The van der Waals surface area contributed by atoms with E-state index in [0.717, 1.165) is 0 Å². The average Bonchev–Trinajstić information content (AvgIpc) is 2.62. The lowest BCUT2D eigenvalue weighted by molar-refractivity contribution is 0.459. The van der Waals surface area contributed by atoms with Gasteiger partial charge in [0, 0.05) is 6.20 Å². The molecule has 0 saturated carbocycles. The van der Waals surface area contributed by atoms with Crippen molar-refractivity contribution in [2.24, 2.45) is 0 Å². The Balaban J connectivity index is 2.59. The second-order valence-electron chi connectivity index (χ2n) is 2.58. The zero-order chi connectivity index (χ0) is 9.26. The molecule has 5 heteroatoms. The first-order valence-electron chi connectivity index (χ1n) is 3.80. The summed E-state index contributed by atoms with van der Waals surface area (Å²) in [6, 6.07) is 1.66. The molecule has 2 aromatic heterocycles. The first-order chi connectivity index (χ1) is 6.29. The Morgan fingerprint density at radius 1 is 1.23 bits per heavy atom. The smallest absolute Gasteiger partial charge is 0.164 e. The predicted molar refractivity (Wildman–Crippen MR) is 45.6 cm³/mol. The number of aromatic nitrogens is 4. The van der Waals surface area contributed by atoms with Gasteiger partial charge in [0.25, 0.3) is 0 Å². The zero-order valence-corrected chi connectivity index (χ0v) is 7.05. The second kappa shape index (κ2) is 2.85. The highest BCUT2D eigenvalue weighted by molar-refractivity contribution is 5.45. The molecule has 66 valence electrons. The molecule has 0 amide bonds. The topological polar surface area (TPSA) is 63.8 Å². The van der Waals surface area contributed by atoms with Gasteiger partial charge < -0.3 is 5.11 Å². The van der Waals surface area contributed by atoms with Crippen LogP contribution in [0.2, 0.25) is 0 Å². The zero-order valence-electron chi connectivity index (χ0n) is 7.05.